The molecule has 2 aromatic rings. The van der Waals surface area contributed by atoms with Crippen LogP contribution < -0.4 is 5.32 Å². The second kappa shape index (κ2) is 7.07. The van der Waals surface area contributed by atoms with Crippen LogP contribution in [0.25, 0.3) is 10.8 Å². The molecular formula is C18H20FN. The van der Waals surface area contributed by atoms with Crippen molar-refractivity contribution in [1.82, 2.24) is 5.32 Å². The zero-order valence-electron chi connectivity index (χ0n) is 12.0. The van der Waals surface area contributed by atoms with Gasteiger partial charge in [0, 0.05) is 17.8 Å². The molecule has 2 heteroatoms. The number of rotatable bonds is 5. The first-order chi connectivity index (χ1) is 9.77. The number of hydrogen-bond donors (Lipinski definition) is 1. The van der Waals surface area contributed by atoms with Crippen molar-refractivity contribution in [3.8, 4) is 11.8 Å². The first-order valence-electron chi connectivity index (χ1n) is 7.08. The van der Waals surface area contributed by atoms with E-state index < -0.39 is 0 Å². The van der Waals surface area contributed by atoms with Gasteiger partial charge in [0.1, 0.15) is 5.82 Å². The first kappa shape index (κ1) is 14.6. The van der Waals surface area contributed by atoms with Crippen molar-refractivity contribution in [3.05, 3.63) is 47.8 Å². The number of halogens is 1. The fourth-order valence-electron chi connectivity index (χ4n) is 2.54. The Balaban J connectivity index is 2.41. The standard InChI is InChI=1S/C18H20FN/c1-3-5-6-11-18(20-4-2)16-12-13-17(19)15-10-8-7-9-14(15)16/h7-10,12-13,18,20H,4,6,11H2,1-2H3. The lowest BCUT2D eigenvalue weighted by atomic mass is 9.95. The van der Waals surface area contributed by atoms with Crippen LogP contribution in [0.2, 0.25) is 0 Å². The van der Waals surface area contributed by atoms with E-state index in [0.29, 0.717) is 5.39 Å². The predicted molar refractivity (Wildman–Crippen MR) is 83.0 cm³/mol. The van der Waals surface area contributed by atoms with Crippen molar-refractivity contribution < 1.29 is 4.39 Å². The van der Waals surface area contributed by atoms with E-state index in [1.807, 2.05) is 37.3 Å². The zero-order chi connectivity index (χ0) is 14.4. The molecule has 2 rings (SSSR count). The Morgan fingerprint density at radius 1 is 1.15 bits per heavy atom. The topological polar surface area (TPSA) is 12.0 Å². The molecule has 104 valence electrons. The summed E-state index contributed by atoms with van der Waals surface area (Å²) in [5.74, 6) is 5.87. The normalized spacial score (nSPS) is 11.9. The minimum absolute atomic E-state index is 0.159. The molecule has 0 spiro atoms. The van der Waals surface area contributed by atoms with Crippen LogP contribution in [0.4, 0.5) is 4.39 Å². The predicted octanol–water partition coefficient (Wildman–Crippen LogP) is 4.43. The lowest BCUT2D eigenvalue weighted by molar-refractivity contribution is 0.525. The molecule has 0 fully saturated rings. The van der Waals surface area contributed by atoms with Crippen LogP contribution in [0.5, 0.6) is 0 Å². The highest BCUT2D eigenvalue weighted by atomic mass is 19.1. The molecule has 1 N–H and O–H groups in total. The molecule has 20 heavy (non-hydrogen) atoms. The van der Waals surface area contributed by atoms with Gasteiger partial charge in [-0.3, -0.25) is 0 Å². The van der Waals surface area contributed by atoms with Crippen LogP contribution in [-0.4, -0.2) is 6.54 Å². The third-order valence-electron chi connectivity index (χ3n) is 3.47. The van der Waals surface area contributed by atoms with Crippen molar-refractivity contribution >= 4 is 10.8 Å². The first-order valence-corrected chi connectivity index (χ1v) is 7.08. The smallest absolute Gasteiger partial charge is 0.131 e. The molecule has 0 saturated carbocycles. The van der Waals surface area contributed by atoms with Crippen LogP contribution in [-0.2, 0) is 0 Å². The van der Waals surface area contributed by atoms with E-state index in [1.54, 1.807) is 6.07 Å². The number of fused-ring (bicyclic) bond motifs is 1. The van der Waals surface area contributed by atoms with Gasteiger partial charge in [0.25, 0.3) is 0 Å². The number of nitrogens with one attached hydrogen (secondary N) is 1. The van der Waals surface area contributed by atoms with Crippen molar-refractivity contribution in [2.45, 2.75) is 32.7 Å². The average molecular weight is 269 g/mol. The van der Waals surface area contributed by atoms with Crippen LogP contribution in [0, 0.1) is 17.7 Å². The Morgan fingerprint density at radius 3 is 2.60 bits per heavy atom. The van der Waals surface area contributed by atoms with Gasteiger partial charge in [0.2, 0.25) is 0 Å². The molecule has 1 nitrogen and oxygen atoms in total. The van der Waals surface area contributed by atoms with E-state index in [2.05, 4.69) is 24.1 Å². The molecule has 0 aliphatic heterocycles. The highest BCUT2D eigenvalue weighted by Crippen LogP contribution is 2.28. The van der Waals surface area contributed by atoms with E-state index in [-0.39, 0.29) is 11.9 Å². The fourth-order valence-corrected chi connectivity index (χ4v) is 2.54. The maximum Gasteiger partial charge on any atom is 0.131 e. The quantitative estimate of drug-likeness (QED) is 0.792. The zero-order valence-corrected chi connectivity index (χ0v) is 12.0. The Labute approximate surface area is 120 Å². The van der Waals surface area contributed by atoms with E-state index in [4.69, 9.17) is 0 Å². The van der Waals surface area contributed by atoms with Crippen molar-refractivity contribution in [1.29, 1.82) is 0 Å². The van der Waals surface area contributed by atoms with Crippen molar-refractivity contribution in [2.75, 3.05) is 6.54 Å². The Hall–Kier alpha value is -1.85. The number of benzene rings is 2. The average Bonchev–Trinajstić information content (AvgIpc) is 2.48. The summed E-state index contributed by atoms with van der Waals surface area (Å²) in [6.45, 7) is 4.83. The Bertz CT molecular complexity index is 637. The highest BCUT2D eigenvalue weighted by molar-refractivity contribution is 5.86. The SMILES string of the molecule is CC#CCCC(NCC)c1ccc(F)c2ccccc12. The van der Waals surface area contributed by atoms with Gasteiger partial charge < -0.3 is 5.32 Å². The van der Waals surface area contributed by atoms with Gasteiger partial charge in [-0.05, 0) is 36.9 Å². The summed E-state index contributed by atoms with van der Waals surface area (Å²) in [6, 6.07) is 11.3. The molecule has 0 aromatic heterocycles. The monoisotopic (exact) mass is 269 g/mol. The van der Waals surface area contributed by atoms with Gasteiger partial charge in [-0.1, -0.05) is 37.3 Å². The van der Waals surface area contributed by atoms with Gasteiger partial charge in [-0.25, -0.2) is 4.39 Å². The molecule has 0 amide bonds. The third kappa shape index (κ3) is 3.18. The highest BCUT2D eigenvalue weighted by Gasteiger charge is 2.14. The molecule has 0 saturated heterocycles. The maximum absolute atomic E-state index is 13.9. The van der Waals surface area contributed by atoms with Gasteiger partial charge in [-0.2, -0.15) is 0 Å². The minimum atomic E-state index is -0.159. The second-order valence-corrected chi connectivity index (χ2v) is 4.76. The maximum atomic E-state index is 13.9. The van der Waals surface area contributed by atoms with E-state index >= 15 is 0 Å². The van der Waals surface area contributed by atoms with Crippen molar-refractivity contribution in [3.63, 3.8) is 0 Å². The lowest BCUT2D eigenvalue weighted by Gasteiger charge is -2.19. The molecule has 0 bridgehead atoms. The van der Waals surface area contributed by atoms with Gasteiger partial charge in [-0.15, -0.1) is 11.8 Å². The Morgan fingerprint density at radius 2 is 1.90 bits per heavy atom. The molecule has 1 unspecified atom stereocenters. The Kier molecular flexibility index (Phi) is 5.15. The van der Waals surface area contributed by atoms with Gasteiger partial charge in [0.05, 0.1) is 0 Å². The largest absolute Gasteiger partial charge is 0.310 e. The molecule has 0 heterocycles. The fraction of sp³-hybridized carbons (Fsp3) is 0.333. The molecule has 0 aliphatic rings. The summed E-state index contributed by atoms with van der Waals surface area (Å²) in [5.41, 5.74) is 1.15. The summed E-state index contributed by atoms with van der Waals surface area (Å²) in [5, 5.41) is 5.16. The minimum Gasteiger partial charge on any atom is -0.310 e. The summed E-state index contributed by atoms with van der Waals surface area (Å²) in [7, 11) is 0. The van der Waals surface area contributed by atoms with Crippen molar-refractivity contribution in [2.24, 2.45) is 0 Å². The summed E-state index contributed by atoms with van der Waals surface area (Å²) < 4.78 is 13.9. The van der Waals surface area contributed by atoms with E-state index in [9.17, 15) is 4.39 Å². The van der Waals surface area contributed by atoms with Gasteiger partial charge >= 0.3 is 0 Å². The van der Waals surface area contributed by atoms with Crippen LogP contribution in [0.3, 0.4) is 0 Å². The molecule has 2 aromatic carbocycles. The molecule has 0 aliphatic carbocycles. The van der Waals surface area contributed by atoms with E-state index in [0.717, 1.165) is 30.3 Å². The molecular weight excluding hydrogens is 249 g/mol. The van der Waals surface area contributed by atoms with Crippen LogP contribution in [0.15, 0.2) is 36.4 Å². The molecule has 0 radical (unpaired) electrons. The van der Waals surface area contributed by atoms with Crippen LogP contribution in [0.1, 0.15) is 38.3 Å². The summed E-state index contributed by atoms with van der Waals surface area (Å²) in [6.07, 6.45) is 1.78. The van der Waals surface area contributed by atoms with Crippen LogP contribution >= 0.6 is 0 Å². The number of hydrogen-bond acceptors (Lipinski definition) is 1. The van der Waals surface area contributed by atoms with E-state index in [1.165, 1.54) is 0 Å². The second-order valence-electron chi connectivity index (χ2n) is 4.76. The lowest BCUT2D eigenvalue weighted by Crippen LogP contribution is -2.21. The summed E-state index contributed by atoms with van der Waals surface area (Å²) >= 11 is 0. The molecule has 1 atom stereocenters. The van der Waals surface area contributed by atoms with Gasteiger partial charge in [0.15, 0.2) is 0 Å². The summed E-state index contributed by atoms with van der Waals surface area (Å²) in [4.78, 5) is 0. The third-order valence-corrected chi connectivity index (χ3v) is 3.47.